The zero-order valence-electron chi connectivity index (χ0n) is 26.3. The van der Waals surface area contributed by atoms with Crippen LogP contribution in [0.15, 0.2) is 162 Å². The molecular formula is C44H32N2O. The van der Waals surface area contributed by atoms with Gasteiger partial charge in [0.05, 0.1) is 0 Å². The predicted molar refractivity (Wildman–Crippen MR) is 195 cm³/mol. The van der Waals surface area contributed by atoms with Crippen molar-refractivity contribution < 1.29 is 4.42 Å². The summed E-state index contributed by atoms with van der Waals surface area (Å²) in [6, 6.07) is 55.9. The van der Waals surface area contributed by atoms with Crippen LogP contribution in [0.4, 0.5) is 17.1 Å². The van der Waals surface area contributed by atoms with Crippen LogP contribution in [-0.4, -0.2) is 4.98 Å². The number of benzene rings is 7. The first-order valence-electron chi connectivity index (χ1n) is 16.1. The minimum atomic E-state index is -0.0776. The van der Waals surface area contributed by atoms with Gasteiger partial charge in [0.1, 0.15) is 5.52 Å². The van der Waals surface area contributed by atoms with Crippen molar-refractivity contribution in [1.82, 2.24) is 4.98 Å². The summed E-state index contributed by atoms with van der Waals surface area (Å²) in [6.07, 6.45) is 0. The highest BCUT2D eigenvalue weighted by Crippen LogP contribution is 2.50. The number of hydrogen-bond donors (Lipinski definition) is 0. The first-order chi connectivity index (χ1) is 23.1. The Bertz CT molecular complexity index is 2420. The Balaban J connectivity index is 1.17. The zero-order chi connectivity index (χ0) is 31.5. The molecule has 1 heterocycles. The maximum atomic E-state index is 6.46. The fraction of sp³-hybridized carbons (Fsp3) is 0.0682. The van der Waals surface area contributed by atoms with E-state index in [0.717, 1.165) is 55.6 Å². The predicted octanol–water partition coefficient (Wildman–Crippen LogP) is 12.1. The molecule has 0 radical (unpaired) electrons. The molecule has 0 amide bonds. The van der Waals surface area contributed by atoms with Crippen LogP contribution in [0, 0.1) is 0 Å². The summed E-state index contributed by atoms with van der Waals surface area (Å²) in [5, 5.41) is 2.19. The Morgan fingerprint density at radius 1 is 0.511 bits per heavy atom. The van der Waals surface area contributed by atoms with Gasteiger partial charge >= 0.3 is 0 Å². The highest BCUT2D eigenvalue weighted by Gasteiger charge is 2.35. The van der Waals surface area contributed by atoms with Gasteiger partial charge in [-0.05, 0) is 87.8 Å². The quantitative estimate of drug-likeness (QED) is 0.196. The van der Waals surface area contributed by atoms with Gasteiger partial charge in [-0.3, -0.25) is 0 Å². The monoisotopic (exact) mass is 604 g/mol. The van der Waals surface area contributed by atoms with Crippen molar-refractivity contribution >= 4 is 38.9 Å². The number of hydrogen-bond acceptors (Lipinski definition) is 3. The minimum absolute atomic E-state index is 0.0776. The second kappa shape index (κ2) is 10.6. The number of anilines is 3. The first-order valence-corrected chi connectivity index (χ1v) is 16.1. The lowest BCUT2D eigenvalue weighted by atomic mass is 9.82. The van der Waals surface area contributed by atoms with Gasteiger partial charge in [0.25, 0.3) is 0 Å². The normalized spacial score (nSPS) is 13.1. The van der Waals surface area contributed by atoms with Crippen molar-refractivity contribution in [3.63, 3.8) is 0 Å². The molecule has 1 aliphatic rings. The van der Waals surface area contributed by atoms with Crippen molar-refractivity contribution in [2.45, 2.75) is 19.3 Å². The van der Waals surface area contributed by atoms with Crippen LogP contribution in [0.3, 0.4) is 0 Å². The third-order valence-electron chi connectivity index (χ3n) is 9.68. The van der Waals surface area contributed by atoms with E-state index in [4.69, 9.17) is 9.40 Å². The van der Waals surface area contributed by atoms with Crippen LogP contribution in [0.2, 0.25) is 0 Å². The molecule has 47 heavy (non-hydrogen) atoms. The molecule has 8 aromatic rings. The molecule has 0 unspecified atom stereocenters. The standard InChI is InChI=1S/C44H32N2O/c1-44(2)39-20-12-11-19-36(39)37-26-25-34(28-40(37)44)46(32-16-7-4-8-17-32)33-23-21-29(22-24-33)38-27-31-15-9-10-18-35(31)42-41(38)45-43(47-42)30-13-5-3-6-14-30/h3-28H,1-2H3. The van der Waals surface area contributed by atoms with Gasteiger partial charge in [-0.25, -0.2) is 4.98 Å². The topological polar surface area (TPSA) is 29.3 Å². The van der Waals surface area contributed by atoms with Crippen LogP contribution >= 0.6 is 0 Å². The van der Waals surface area contributed by atoms with Crippen LogP contribution in [0.1, 0.15) is 25.0 Å². The van der Waals surface area contributed by atoms with E-state index in [1.807, 2.05) is 30.3 Å². The Hall–Kier alpha value is -5.93. The summed E-state index contributed by atoms with van der Waals surface area (Å²) >= 11 is 0. The van der Waals surface area contributed by atoms with Crippen LogP contribution in [-0.2, 0) is 5.41 Å². The van der Waals surface area contributed by atoms with Crippen LogP contribution in [0.25, 0.3) is 55.6 Å². The molecule has 7 aromatic carbocycles. The number of fused-ring (bicyclic) bond motifs is 6. The highest BCUT2D eigenvalue weighted by atomic mass is 16.3. The molecule has 0 aliphatic heterocycles. The van der Waals surface area contributed by atoms with Crippen molar-refractivity contribution in [3.05, 3.63) is 169 Å². The molecule has 0 atom stereocenters. The Morgan fingerprint density at radius 2 is 1.15 bits per heavy atom. The molecule has 224 valence electrons. The van der Waals surface area contributed by atoms with Crippen LogP contribution in [0.5, 0.6) is 0 Å². The van der Waals surface area contributed by atoms with Gasteiger partial charge < -0.3 is 9.32 Å². The lowest BCUT2D eigenvalue weighted by Gasteiger charge is -2.28. The molecule has 0 saturated carbocycles. The molecule has 3 heteroatoms. The van der Waals surface area contributed by atoms with Crippen molar-refractivity contribution in [3.8, 4) is 33.7 Å². The largest absolute Gasteiger partial charge is 0.435 e. The van der Waals surface area contributed by atoms with Crippen molar-refractivity contribution in [2.24, 2.45) is 0 Å². The highest BCUT2D eigenvalue weighted by molar-refractivity contribution is 6.10. The Labute approximate surface area is 274 Å². The van der Waals surface area contributed by atoms with Gasteiger partial charge in [0.2, 0.25) is 5.89 Å². The summed E-state index contributed by atoms with van der Waals surface area (Å²) in [5.74, 6) is 0.631. The minimum Gasteiger partial charge on any atom is -0.435 e. The fourth-order valence-corrected chi connectivity index (χ4v) is 7.31. The number of rotatable bonds is 5. The first kappa shape index (κ1) is 27.4. The summed E-state index contributed by atoms with van der Waals surface area (Å²) in [7, 11) is 0. The molecular weight excluding hydrogens is 572 g/mol. The van der Waals surface area contributed by atoms with Gasteiger partial charge in [-0.2, -0.15) is 0 Å². The van der Waals surface area contributed by atoms with Gasteiger partial charge in [0, 0.05) is 39.0 Å². The lowest BCUT2D eigenvalue weighted by molar-refractivity contribution is 0.623. The third kappa shape index (κ3) is 4.39. The van der Waals surface area contributed by atoms with E-state index in [1.54, 1.807) is 0 Å². The van der Waals surface area contributed by atoms with E-state index in [2.05, 4.69) is 146 Å². The average Bonchev–Trinajstić information content (AvgIpc) is 3.67. The maximum absolute atomic E-state index is 6.46. The number of oxazole rings is 1. The van der Waals surface area contributed by atoms with Gasteiger partial charge in [0.15, 0.2) is 5.58 Å². The van der Waals surface area contributed by atoms with Gasteiger partial charge in [-0.1, -0.05) is 117 Å². The van der Waals surface area contributed by atoms with E-state index in [-0.39, 0.29) is 5.41 Å². The average molecular weight is 605 g/mol. The molecule has 1 aromatic heterocycles. The summed E-state index contributed by atoms with van der Waals surface area (Å²) < 4.78 is 6.46. The molecule has 1 aliphatic carbocycles. The number of aromatic nitrogens is 1. The second-order valence-corrected chi connectivity index (χ2v) is 12.8. The molecule has 9 rings (SSSR count). The maximum Gasteiger partial charge on any atom is 0.227 e. The number of para-hydroxylation sites is 1. The lowest BCUT2D eigenvalue weighted by Crippen LogP contribution is -2.16. The summed E-state index contributed by atoms with van der Waals surface area (Å²) in [6.45, 7) is 4.67. The molecule has 0 saturated heterocycles. The zero-order valence-corrected chi connectivity index (χ0v) is 26.3. The fourth-order valence-electron chi connectivity index (χ4n) is 7.31. The Kier molecular flexibility index (Phi) is 6.16. The van der Waals surface area contributed by atoms with E-state index in [9.17, 15) is 0 Å². The molecule has 0 spiro atoms. The second-order valence-electron chi connectivity index (χ2n) is 12.8. The summed E-state index contributed by atoms with van der Waals surface area (Å²) in [5.41, 5.74) is 13.5. The van der Waals surface area contributed by atoms with E-state index in [0.29, 0.717) is 5.89 Å². The van der Waals surface area contributed by atoms with Crippen molar-refractivity contribution in [2.75, 3.05) is 4.90 Å². The smallest absolute Gasteiger partial charge is 0.227 e. The SMILES string of the molecule is CC1(C)c2ccccc2-c2ccc(N(c3ccccc3)c3ccc(-c4cc5ccccc5c5oc(-c6ccccc6)nc45)cc3)cc21. The van der Waals surface area contributed by atoms with E-state index >= 15 is 0 Å². The van der Waals surface area contributed by atoms with E-state index < -0.39 is 0 Å². The van der Waals surface area contributed by atoms with Crippen LogP contribution < -0.4 is 4.90 Å². The van der Waals surface area contributed by atoms with E-state index in [1.165, 1.54) is 22.3 Å². The molecule has 0 N–H and O–H groups in total. The number of nitrogens with zero attached hydrogens (tertiary/aromatic N) is 2. The van der Waals surface area contributed by atoms with Crippen molar-refractivity contribution in [1.29, 1.82) is 0 Å². The van der Waals surface area contributed by atoms with Gasteiger partial charge in [-0.15, -0.1) is 0 Å². The summed E-state index contributed by atoms with van der Waals surface area (Å²) in [4.78, 5) is 7.40. The molecule has 0 bridgehead atoms. The Morgan fingerprint density at radius 3 is 1.96 bits per heavy atom. The molecule has 3 nitrogen and oxygen atoms in total. The third-order valence-corrected chi connectivity index (χ3v) is 9.68. The molecule has 0 fully saturated rings.